The lowest BCUT2D eigenvalue weighted by molar-refractivity contribution is -0.384. The minimum absolute atomic E-state index is 0.0329. The first-order chi connectivity index (χ1) is 12.6. The minimum Gasteiger partial charge on any atom is -0.372 e. The van der Waals surface area contributed by atoms with Crippen LogP contribution in [0.1, 0.15) is 18.9 Å². The molecule has 6 heteroatoms. The third kappa shape index (κ3) is 6.05. The van der Waals surface area contributed by atoms with Gasteiger partial charge >= 0.3 is 0 Å². The van der Waals surface area contributed by atoms with Gasteiger partial charge in [0, 0.05) is 43.5 Å². The molecular formula is C20H23N3O3. The fourth-order valence-corrected chi connectivity index (χ4v) is 2.53. The van der Waals surface area contributed by atoms with Crippen molar-refractivity contribution >= 4 is 23.4 Å². The number of rotatable bonds is 9. The van der Waals surface area contributed by atoms with Gasteiger partial charge in [0.05, 0.1) is 4.92 Å². The minimum atomic E-state index is -0.449. The molecule has 0 atom stereocenters. The molecule has 0 unspecified atom stereocenters. The SMILES string of the molecule is CCN(CCCNC(=O)/C=C/c1ccc([N+](=O)[O-])cc1)c1ccccc1. The van der Waals surface area contributed by atoms with Crippen LogP contribution in [0.2, 0.25) is 0 Å². The number of carbonyl (C=O) groups excluding carboxylic acids is 1. The standard InChI is InChI=1S/C20H23N3O3/c1-2-22(18-7-4-3-5-8-18)16-6-15-21-20(24)14-11-17-9-12-19(13-10-17)23(25)26/h3-5,7-14H,2,6,15-16H2,1H3,(H,21,24)/b14-11+. The summed E-state index contributed by atoms with van der Waals surface area (Å²) in [4.78, 5) is 24.3. The summed E-state index contributed by atoms with van der Waals surface area (Å²) in [7, 11) is 0. The molecule has 6 nitrogen and oxygen atoms in total. The Morgan fingerprint density at radius 2 is 1.85 bits per heavy atom. The molecular weight excluding hydrogens is 330 g/mol. The number of anilines is 1. The van der Waals surface area contributed by atoms with Gasteiger partial charge in [0.15, 0.2) is 0 Å². The van der Waals surface area contributed by atoms with Gasteiger partial charge in [-0.25, -0.2) is 0 Å². The molecule has 0 radical (unpaired) electrons. The molecule has 0 bridgehead atoms. The molecule has 26 heavy (non-hydrogen) atoms. The molecule has 0 aromatic heterocycles. The quantitative estimate of drug-likeness (QED) is 0.323. The van der Waals surface area contributed by atoms with Crippen LogP contribution in [0.5, 0.6) is 0 Å². The molecule has 0 saturated carbocycles. The molecule has 1 N–H and O–H groups in total. The number of nitro benzene ring substituents is 1. The van der Waals surface area contributed by atoms with Crippen molar-refractivity contribution in [1.82, 2.24) is 5.32 Å². The fourth-order valence-electron chi connectivity index (χ4n) is 2.53. The van der Waals surface area contributed by atoms with Crippen LogP contribution in [-0.2, 0) is 4.79 Å². The molecule has 0 heterocycles. The second-order valence-electron chi connectivity index (χ2n) is 5.74. The van der Waals surface area contributed by atoms with Crippen molar-refractivity contribution in [2.45, 2.75) is 13.3 Å². The normalized spacial score (nSPS) is 10.7. The van der Waals surface area contributed by atoms with Crippen molar-refractivity contribution in [3.05, 3.63) is 76.4 Å². The summed E-state index contributed by atoms with van der Waals surface area (Å²) in [5.74, 6) is -0.175. The van der Waals surface area contributed by atoms with E-state index in [-0.39, 0.29) is 11.6 Å². The van der Waals surface area contributed by atoms with Crippen molar-refractivity contribution in [3.8, 4) is 0 Å². The van der Waals surface area contributed by atoms with E-state index in [0.717, 1.165) is 25.1 Å². The summed E-state index contributed by atoms with van der Waals surface area (Å²) in [6, 6.07) is 16.2. The number of hydrogen-bond donors (Lipinski definition) is 1. The number of nitro groups is 1. The van der Waals surface area contributed by atoms with Crippen LogP contribution in [0.25, 0.3) is 6.08 Å². The van der Waals surface area contributed by atoms with Gasteiger partial charge in [0.2, 0.25) is 5.91 Å². The molecule has 1 amide bonds. The fraction of sp³-hybridized carbons (Fsp3) is 0.250. The number of hydrogen-bond acceptors (Lipinski definition) is 4. The second-order valence-corrected chi connectivity index (χ2v) is 5.74. The maximum atomic E-state index is 11.9. The summed E-state index contributed by atoms with van der Waals surface area (Å²) in [5, 5.41) is 13.5. The highest BCUT2D eigenvalue weighted by Crippen LogP contribution is 2.13. The van der Waals surface area contributed by atoms with E-state index in [2.05, 4.69) is 29.3 Å². The lowest BCUT2D eigenvalue weighted by Crippen LogP contribution is -2.29. The number of carbonyl (C=O) groups is 1. The average molecular weight is 353 g/mol. The molecule has 0 aliphatic heterocycles. The molecule has 0 fully saturated rings. The third-order valence-electron chi connectivity index (χ3n) is 3.94. The smallest absolute Gasteiger partial charge is 0.269 e. The van der Waals surface area contributed by atoms with Crippen LogP contribution in [0.3, 0.4) is 0 Å². The Balaban J connectivity index is 1.73. The summed E-state index contributed by atoms with van der Waals surface area (Å²) in [6.07, 6.45) is 3.93. The maximum absolute atomic E-state index is 11.9. The van der Waals surface area contributed by atoms with Gasteiger partial charge in [-0.2, -0.15) is 0 Å². The Morgan fingerprint density at radius 1 is 1.15 bits per heavy atom. The van der Waals surface area contributed by atoms with Crippen LogP contribution in [0, 0.1) is 10.1 Å². The Bertz CT molecular complexity index is 743. The van der Waals surface area contributed by atoms with E-state index in [0.29, 0.717) is 6.54 Å². The first-order valence-corrected chi connectivity index (χ1v) is 8.60. The average Bonchev–Trinajstić information content (AvgIpc) is 2.67. The molecule has 2 aromatic rings. The van der Waals surface area contributed by atoms with Crippen LogP contribution >= 0.6 is 0 Å². The van der Waals surface area contributed by atoms with Crippen molar-refractivity contribution < 1.29 is 9.72 Å². The maximum Gasteiger partial charge on any atom is 0.269 e. The second kappa shape index (κ2) is 9.98. The van der Waals surface area contributed by atoms with Gasteiger partial charge in [0.25, 0.3) is 5.69 Å². The first-order valence-electron chi connectivity index (χ1n) is 8.60. The number of non-ortho nitro benzene ring substituents is 1. The predicted molar refractivity (Wildman–Crippen MR) is 104 cm³/mol. The number of nitrogens with one attached hydrogen (secondary N) is 1. The van der Waals surface area contributed by atoms with E-state index in [4.69, 9.17) is 0 Å². The summed E-state index contributed by atoms with van der Waals surface area (Å²) in [5.41, 5.74) is 1.96. The van der Waals surface area contributed by atoms with Gasteiger partial charge in [-0.3, -0.25) is 14.9 Å². The van der Waals surface area contributed by atoms with Gasteiger partial charge in [-0.05, 0) is 49.2 Å². The summed E-state index contributed by atoms with van der Waals surface area (Å²) in [6.45, 7) is 4.48. The summed E-state index contributed by atoms with van der Waals surface area (Å²) < 4.78 is 0. The Morgan fingerprint density at radius 3 is 2.46 bits per heavy atom. The highest BCUT2D eigenvalue weighted by molar-refractivity contribution is 5.91. The van der Waals surface area contributed by atoms with Gasteiger partial charge in [-0.1, -0.05) is 18.2 Å². The zero-order chi connectivity index (χ0) is 18.8. The Kier molecular flexibility index (Phi) is 7.36. The molecule has 2 rings (SSSR count). The van der Waals surface area contributed by atoms with Crippen LogP contribution in [0.15, 0.2) is 60.7 Å². The lowest BCUT2D eigenvalue weighted by atomic mass is 10.2. The largest absolute Gasteiger partial charge is 0.372 e. The van der Waals surface area contributed by atoms with E-state index < -0.39 is 4.92 Å². The number of para-hydroxylation sites is 1. The molecule has 0 aliphatic rings. The van der Waals surface area contributed by atoms with Crippen molar-refractivity contribution in [1.29, 1.82) is 0 Å². The monoisotopic (exact) mass is 353 g/mol. The predicted octanol–water partition coefficient (Wildman–Crippen LogP) is 3.64. The summed E-state index contributed by atoms with van der Waals surface area (Å²) >= 11 is 0. The van der Waals surface area contributed by atoms with Gasteiger partial charge in [-0.15, -0.1) is 0 Å². The molecule has 136 valence electrons. The number of amides is 1. The van der Waals surface area contributed by atoms with Crippen LogP contribution < -0.4 is 10.2 Å². The van der Waals surface area contributed by atoms with Crippen LogP contribution in [0.4, 0.5) is 11.4 Å². The Hall–Kier alpha value is -3.15. The molecule has 0 saturated heterocycles. The van der Waals surface area contributed by atoms with Crippen molar-refractivity contribution in [3.63, 3.8) is 0 Å². The van der Waals surface area contributed by atoms with Crippen molar-refractivity contribution in [2.24, 2.45) is 0 Å². The van der Waals surface area contributed by atoms with Gasteiger partial charge in [0.1, 0.15) is 0 Å². The van der Waals surface area contributed by atoms with Crippen LogP contribution in [-0.4, -0.2) is 30.5 Å². The molecule has 0 aliphatic carbocycles. The van der Waals surface area contributed by atoms with Gasteiger partial charge < -0.3 is 10.2 Å². The molecule has 2 aromatic carbocycles. The van der Waals surface area contributed by atoms with E-state index in [1.807, 2.05) is 18.2 Å². The highest BCUT2D eigenvalue weighted by atomic mass is 16.6. The Labute approximate surface area is 153 Å². The topological polar surface area (TPSA) is 75.5 Å². The zero-order valence-corrected chi connectivity index (χ0v) is 14.8. The number of nitrogens with zero attached hydrogens (tertiary/aromatic N) is 2. The first kappa shape index (κ1) is 19.2. The molecule has 0 spiro atoms. The third-order valence-corrected chi connectivity index (χ3v) is 3.94. The van der Waals surface area contributed by atoms with E-state index in [1.165, 1.54) is 23.9 Å². The van der Waals surface area contributed by atoms with Crippen molar-refractivity contribution in [2.75, 3.05) is 24.5 Å². The van der Waals surface area contributed by atoms with E-state index >= 15 is 0 Å². The van der Waals surface area contributed by atoms with E-state index in [9.17, 15) is 14.9 Å². The zero-order valence-electron chi connectivity index (χ0n) is 14.8. The lowest BCUT2D eigenvalue weighted by Gasteiger charge is -2.23. The highest BCUT2D eigenvalue weighted by Gasteiger charge is 2.04. The van der Waals surface area contributed by atoms with E-state index in [1.54, 1.807) is 18.2 Å². The number of benzene rings is 2.